The fraction of sp³-hybridized carbons (Fsp3) is 0.565. The standard InChI is InChI=1S/C23H33N5O2S/c1-5-28-21(20(15(2)3)25-22(30)17-10-8-9-16(4)13-17)26-27-23(28)31-14-19(29)24-18-11-6-7-12-18/h8-10,13,15,18,20H,5-7,11-12,14H2,1-4H3,(H,24,29)(H,25,30)/t20-/m0/s1. The summed E-state index contributed by atoms with van der Waals surface area (Å²) < 4.78 is 1.99. The average molecular weight is 444 g/mol. The van der Waals surface area contributed by atoms with Crippen LogP contribution in [0.2, 0.25) is 0 Å². The number of amides is 2. The predicted molar refractivity (Wildman–Crippen MR) is 123 cm³/mol. The Morgan fingerprint density at radius 2 is 1.97 bits per heavy atom. The van der Waals surface area contributed by atoms with Gasteiger partial charge < -0.3 is 15.2 Å². The lowest BCUT2D eigenvalue weighted by atomic mass is 10.0. The van der Waals surface area contributed by atoms with Gasteiger partial charge in [-0.15, -0.1) is 10.2 Å². The molecule has 1 atom stereocenters. The predicted octanol–water partition coefficient (Wildman–Crippen LogP) is 3.88. The van der Waals surface area contributed by atoms with E-state index in [1.165, 1.54) is 24.6 Å². The van der Waals surface area contributed by atoms with E-state index in [0.29, 0.717) is 29.1 Å². The first-order valence-corrected chi connectivity index (χ1v) is 12.1. The minimum atomic E-state index is -0.276. The van der Waals surface area contributed by atoms with E-state index in [2.05, 4.69) is 34.7 Å². The van der Waals surface area contributed by atoms with Crippen LogP contribution in [0.5, 0.6) is 0 Å². The summed E-state index contributed by atoms with van der Waals surface area (Å²) in [5.41, 5.74) is 1.67. The van der Waals surface area contributed by atoms with Crippen molar-refractivity contribution in [2.45, 2.75) is 77.2 Å². The van der Waals surface area contributed by atoms with Crippen LogP contribution < -0.4 is 10.6 Å². The number of carbonyl (C=O) groups is 2. The topological polar surface area (TPSA) is 88.9 Å². The molecule has 1 aromatic carbocycles. The van der Waals surface area contributed by atoms with Crippen molar-refractivity contribution in [2.75, 3.05) is 5.75 Å². The van der Waals surface area contributed by atoms with Crippen LogP contribution in [0.3, 0.4) is 0 Å². The van der Waals surface area contributed by atoms with E-state index in [4.69, 9.17) is 0 Å². The van der Waals surface area contributed by atoms with Crippen LogP contribution in [-0.4, -0.2) is 38.4 Å². The molecule has 2 aromatic rings. The van der Waals surface area contributed by atoms with Gasteiger partial charge in [0.05, 0.1) is 11.8 Å². The summed E-state index contributed by atoms with van der Waals surface area (Å²) in [7, 11) is 0. The van der Waals surface area contributed by atoms with E-state index < -0.39 is 0 Å². The Morgan fingerprint density at radius 1 is 1.23 bits per heavy atom. The van der Waals surface area contributed by atoms with Crippen molar-refractivity contribution < 1.29 is 9.59 Å². The molecule has 1 heterocycles. The van der Waals surface area contributed by atoms with Gasteiger partial charge in [0.2, 0.25) is 5.91 Å². The van der Waals surface area contributed by atoms with Gasteiger partial charge >= 0.3 is 0 Å². The number of hydrogen-bond acceptors (Lipinski definition) is 5. The third kappa shape index (κ3) is 6.09. The van der Waals surface area contributed by atoms with Crippen LogP contribution in [0, 0.1) is 12.8 Å². The lowest BCUT2D eigenvalue weighted by Crippen LogP contribution is -2.34. The highest BCUT2D eigenvalue weighted by atomic mass is 32.2. The van der Waals surface area contributed by atoms with Crippen LogP contribution in [0.15, 0.2) is 29.4 Å². The normalized spacial score (nSPS) is 15.3. The lowest BCUT2D eigenvalue weighted by Gasteiger charge is -2.22. The molecule has 1 fully saturated rings. The fourth-order valence-corrected chi connectivity index (χ4v) is 4.76. The second-order valence-corrected chi connectivity index (χ2v) is 9.43. The van der Waals surface area contributed by atoms with Crippen LogP contribution in [0.4, 0.5) is 0 Å². The Hall–Kier alpha value is -2.35. The first-order valence-electron chi connectivity index (χ1n) is 11.1. The van der Waals surface area contributed by atoms with E-state index in [9.17, 15) is 9.59 Å². The van der Waals surface area contributed by atoms with Crippen molar-refractivity contribution in [1.29, 1.82) is 0 Å². The largest absolute Gasteiger partial charge is 0.353 e. The molecule has 1 aliphatic rings. The Bertz CT molecular complexity index is 905. The van der Waals surface area contributed by atoms with E-state index >= 15 is 0 Å². The Labute approximate surface area is 188 Å². The Balaban J connectivity index is 1.69. The molecule has 2 N–H and O–H groups in total. The van der Waals surface area contributed by atoms with Gasteiger partial charge in [0, 0.05) is 18.2 Å². The molecule has 0 saturated heterocycles. The Morgan fingerprint density at radius 3 is 2.61 bits per heavy atom. The Kier molecular flexibility index (Phi) is 8.12. The number of nitrogens with one attached hydrogen (secondary N) is 2. The number of carbonyl (C=O) groups excluding carboxylic acids is 2. The van der Waals surface area contributed by atoms with Gasteiger partial charge in [-0.1, -0.05) is 56.1 Å². The smallest absolute Gasteiger partial charge is 0.251 e. The number of hydrogen-bond donors (Lipinski definition) is 2. The van der Waals surface area contributed by atoms with Crippen molar-refractivity contribution >= 4 is 23.6 Å². The highest BCUT2D eigenvalue weighted by Gasteiger charge is 2.26. The van der Waals surface area contributed by atoms with Gasteiger partial charge in [0.25, 0.3) is 5.91 Å². The van der Waals surface area contributed by atoms with Gasteiger partial charge in [-0.3, -0.25) is 9.59 Å². The van der Waals surface area contributed by atoms with Gasteiger partial charge in [0.15, 0.2) is 11.0 Å². The van der Waals surface area contributed by atoms with E-state index in [1.807, 2.05) is 42.7 Å². The summed E-state index contributed by atoms with van der Waals surface area (Å²) in [4.78, 5) is 25.1. The molecule has 168 valence electrons. The minimum Gasteiger partial charge on any atom is -0.353 e. The second-order valence-electron chi connectivity index (χ2n) is 8.49. The first-order chi connectivity index (χ1) is 14.9. The number of nitrogens with zero attached hydrogens (tertiary/aromatic N) is 3. The van der Waals surface area contributed by atoms with Crippen LogP contribution >= 0.6 is 11.8 Å². The van der Waals surface area contributed by atoms with Gasteiger partial charge in [-0.25, -0.2) is 0 Å². The monoisotopic (exact) mass is 443 g/mol. The van der Waals surface area contributed by atoms with Gasteiger partial charge in [-0.2, -0.15) is 0 Å². The molecule has 1 aliphatic carbocycles. The molecule has 1 saturated carbocycles. The summed E-state index contributed by atoms with van der Waals surface area (Å²) in [6.45, 7) is 8.76. The molecule has 3 rings (SSSR count). The second kappa shape index (κ2) is 10.8. The average Bonchev–Trinajstić information content (AvgIpc) is 3.39. The maximum absolute atomic E-state index is 12.8. The molecule has 1 aromatic heterocycles. The zero-order valence-corrected chi connectivity index (χ0v) is 19.7. The molecule has 0 aliphatic heterocycles. The molecular weight excluding hydrogens is 410 g/mol. The third-order valence-corrected chi connectivity index (χ3v) is 6.59. The number of thioether (sulfide) groups is 1. The molecule has 8 heteroatoms. The fourth-order valence-electron chi connectivity index (χ4n) is 3.94. The molecule has 7 nitrogen and oxygen atoms in total. The first kappa shape index (κ1) is 23.3. The highest BCUT2D eigenvalue weighted by molar-refractivity contribution is 7.99. The maximum Gasteiger partial charge on any atom is 0.251 e. The summed E-state index contributed by atoms with van der Waals surface area (Å²) in [6, 6.07) is 7.58. The van der Waals surface area contributed by atoms with Gasteiger partial charge in [0.1, 0.15) is 0 Å². The summed E-state index contributed by atoms with van der Waals surface area (Å²) >= 11 is 1.39. The molecule has 2 amide bonds. The van der Waals surface area contributed by atoms with Crippen LogP contribution in [0.25, 0.3) is 0 Å². The molecular formula is C23H33N5O2S. The van der Waals surface area contributed by atoms with Crippen LogP contribution in [0.1, 0.15) is 74.2 Å². The van der Waals surface area contributed by atoms with E-state index in [0.717, 1.165) is 24.2 Å². The molecule has 0 bridgehead atoms. The molecule has 0 spiro atoms. The van der Waals surface area contributed by atoms with Crippen molar-refractivity contribution in [3.63, 3.8) is 0 Å². The number of benzene rings is 1. The SMILES string of the molecule is CCn1c(SCC(=O)NC2CCCC2)nnc1[C@@H](NC(=O)c1cccc(C)c1)C(C)C. The molecule has 31 heavy (non-hydrogen) atoms. The van der Waals surface area contributed by atoms with Gasteiger partial charge in [-0.05, 0) is 44.7 Å². The summed E-state index contributed by atoms with van der Waals surface area (Å²) in [6.07, 6.45) is 4.53. The van der Waals surface area contributed by atoms with Crippen LogP contribution in [-0.2, 0) is 11.3 Å². The number of rotatable bonds is 9. The van der Waals surface area contributed by atoms with E-state index in [1.54, 1.807) is 0 Å². The third-order valence-electron chi connectivity index (χ3n) is 5.63. The molecule has 0 radical (unpaired) electrons. The summed E-state index contributed by atoms with van der Waals surface area (Å²) in [5, 5.41) is 15.7. The van der Waals surface area contributed by atoms with Crippen molar-refractivity contribution in [1.82, 2.24) is 25.4 Å². The number of aryl methyl sites for hydroxylation is 1. The quantitative estimate of drug-likeness (QED) is 0.574. The lowest BCUT2D eigenvalue weighted by molar-refractivity contribution is -0.119. The van der Waals surface area contributed by atoms with Crippen molar-refractivity contribution in [3.8, 4) is 0 Å². The zero-order chi connectivity index (χ0) is 22.4. The molecule has 0 unspecified atom stereocenters. The number of aromatic nitrogens is 3. The summed E-state index contributed by atoms with van der Waals surface area (Å²) in [5.74, 6) is 1.08. The zero-order valence-electron chi connectivity index (χ0n) is 18.9. The highest BCUT2D eigenvalue weighted by Crippen LogP contribution is 2.26. The van der Waals surface area contributed by atoms with E-state index in [-0.39, 0.29) is 23.8 Å². The van der Waals surface area contributed by atoms with Crippen molar-refractivity contribution in [2.24, 2.45) is 5.92 Å². The van der Waals surface area contributed by atoms with Crippen molar-refractivity contribution in [3.05, 3.63) is 41.2 Å². The maximum atomic E-state index is 12.8. The minimum absolute atomic E-state index is 0.0391.